The Morgan fingerprint density at radius 3 is 2.21 bits per heavy atom. The zero-order chi connectivity index (χ0) is 16.8. The molecule has 0 aromatic heterocycles. The van der Waals surface area contributed by atoms with E-state index in [1.807, 2.05) is 54.6 Å². The van der Waals surface area contributed by atoms with Crippen molar-refractivity contribution in [2.24, 2.45) is 0 Å². The Kier molecular flexibility index (Phi) is 4.87. The van der Waals surface area contributed by atoms with Crippen molar-refractivity contribution < 1.29 is 19.1 Å². The fourth-order valence-electron chi connectivity index (χ4n) is 2.20. The molecule has 0 bridgehead atoms. The molecule has 0 saturated heterocycles. The lowest BCUT2D eigenvalue weighted by Gasteiger charge is -2.05. The molecule has 3 rings (SSSR count). The molecule has 24 heavy (non-hydrogen) atoms. The van der Waals surface area contributed by atoms with Crippen LogP contribution in [0.4, 0.5) is 10.1 Å². The van der Waals surface area contributed by atoms with Gasteiger partial charge in [-0.25, -0.2) is 4.39 Å². The number of ether oxygens (including phenoxy) is 1. The number of rotatable bonds is 5. The molecule has 0 atom stereocenters. The van der Waals surface area contributed by atoms with Gasteiger partial charge in [0.05, 0.1) is 0 Å². The van der Waals surface area contributed by atoms with Crippen LogP contribution in [0.2, 0.25) is 0 Å². The van der Waals surface area contributed by atoms with Crippen LogP contribution in [0.1, 0.15) is 11.1 Å². The van der Waals surface area contributed by atoms with Gasteiger partial charge in [0.15, 0.2) is 0 Å². The smallest absolute Gasteiger partial charge is 0.257 e. The second-order valence-corrected chi connectivity index (χ2v) is 5.29. The Bertz CT molecular complexity index is 813. The summed E-state index contributed by atoms with van der Waals surface area (Å²) in [7, 11) is 0. The highest BCUT2D eigenvalue weighted by Crippen LogP contribution is 2.15. The molecule has 3 nitrogen and oxygen atoms in total. The first-order valence-electron chi connectivity index (χ1n) is 7.56. The van der Waals surface area contributed by atoms with Crippen molar-refractivity contribution in [2.45, 2.75) is 6.61 Å². The van der Waals surface area contributed by atoms with E-state index in [0.29, 0.717) is 12.3 Å². The van der Waals surface area contributed by atoms with Gasteiger partial charge < -0.3 is 4.74 Å². The van der Waals surface area contributed by atoms with Crippen LogP contribution in [0.15, 0.2) is 78.9 Å². The third kappa shape index (κ3) is 4.20. The first kappa shape index (κ1) is 15.7. The van der Waals surface area contributed by atoms with Gasteiger partial charge in [0, 0.05) is 22.4 Å². The summed E-state index contributed by atoms with van der Waals surface area (Å²) in [6, 6.07) is 22.9. The summed E-state index contributed by atoms with van der Waals surface area (Å²) >= 11 is 0. The third-order valence-electron chi connectivity index (χ3n) is 3.49. The Hall–Kier alpha value is -3.14. The van der Waals surface area contributed by atoms with Gasteiger partial charge in [0.2, 0.25) is 6.21 Å². The number of hydrogen-bond acceptors (Lipinski definition) is 2. The summed E-state index contributed by atoms with van der Waals surface area (Å²) < 4.78 is 19.6. The number of benzene rings is 3. The average Bonchev–Trinajstić information content (AvgIpc) is 2.62. The van der Waals surface area contributed by atoms with Crippen LogP contribution in [-0.2, 0) is 6.61 Å². The molecular formula is C20H17FNO2+. The van der Waals surface area contributed by atoms with Crippen LogP contribution >= 0.6 is 0 Å². The zero-order valence-corrected chi connectivity index (χ0v) is 13.0. The molecule has 0 amide bonds. The first-order valence-corrected chi connectivity index (χ1v) is 7.56. The van der Waals surface area contributed by atoms with E-state index in [9.17, 15) is 9.60 Å². The molecule has 4 heteroatoms. The van der Waals surface area contributed by atoms with Crippen molar-refractivity contribution in [3.63, 3.8) is 0 Å². The van der Waals surface area contributed by atoms with Crippen LogP contribution in [0.5, 0.6) is 5.75 Å². The Balaban J connectivity index is 1.65. The quantitative estimate of drug-likeness (QED) is 0.323. The van der Waals surface area contributed by atoms with E-state index in [4.69, 9.17) is 4.74 Å². The van der Waals surface area contributed by atoms with E-state index in [0.717, 1.165) is 21.6 Å². The van der Waals surface area contributed by atoms with E-state index in [1.165, 1.54) is 24.3 Å². The standard InChI is InChI=1S/C20H17FNO2/c21-18-8-10-19(11-9-18)22(23)14-16-6-12-20(13-7-16)24-15-17-4-2-1-3-5-17/h1-14,23H,15H2/q+1. The molecule has 1 N–H and O–H groups in total. The van der Waals surface area contributed by atoms with Crippen LogP contribution in [0.3, 0.4) is 0 Å². The van der Waals surface area contributed by atoms with Gasteiger partial charge in [0.1, 0.15) is 18.2 Å². The van der Waals surface area contributed by atoms with Crippen molar-refractivity contribution in [3.05, 3.63) is 95.8 Å². The molecule has 0 aliphatic rings. The van der Waals surface area contributed by atoms with Gasteiger partial charge in [-0.2, -0.15) is 0 Å². The highest BCUT2D eigenvalue weighted by molar-refractivity contribution is 5.76. The van der Waals surface area contributed by atoms with Crippen molar-refractivity contribution in [1.29, 1.82) is 0 Å². The molecule has 0 fully saturated rings. The Morgan fingerprint density at radius 1 is 0.875 bits per heavy atom. The molecule has 0 unspecified atom stereocenters. The van der Waals surface area contributed by atoms with Crippen LogP contribution in [0.25, 0.3) is 0 Å². The molecule has 0 aliphatic carbocycles. The maximum absolute atomic E-state index is 12.9. The van der Waals surface area contributed by atoms with E-state index in [1.54, 1.807) is 6.21 Å². The maximum atomic E-state index is 12.9. The maximum Gasteiger partial charge on any atom is 0.257 e. The highest BCUT2D eigenvalue weighted by Gasteiger charge is 2.08. The molecule has 0 saturated carbocycles. The molecule has 0 heterocycles. The van der Waals surface area contributed by atoms with Gasteiger partial charge in [-0.1, -0.05) is 30.3 Å². The predicted octanol–water partition coefficient (Wildman–Crippen LogP) is 4.56. The molecule has 0 radical (unpaired) electrons. The normalized spacial score (nSPS) is 11.3. The third-order valence-corrected chi connectivity index (χ3v) is 3.49. The van der Waals surface area contributed by atoms with Gasteiger partial charge in [0.25, 0.3) is 5.69 Å². The summed E-state index contributed by atoms with van der Waals surface area (Å²) in [5, 5.41) is 10.0. The number of halogens is 1. The number of hydrogen-bond donors (Lipinski definition) is 1. The van der Waals surface area contributed by atoms with Crippen LogP contribution < -0.4 is 4.74 Å². The summed E-state index contributed by atoms with van der Waals surface area (Å²) in [6.07, 6.45) is 1.55. The van der Waals surface area contributed by atoms with Gasteiger partial charge in [-0.15, -0.1) is 0 Å². The molecule has 120 valence electrons. The summed E-state index contributed by atoms with van der Waals surface area (Å²) in [5.41, 5.74) is 2.39. The monoisotopic (exact) mass is 322 g/mol. The lowest BCUT2D eigenvalue weighted by molar-refractivity contribution is -0.709. The SMILES string of the molecule is O[N+](=Cc1ccc(OCc2ccccc2)cc1)c1ccc(F)cc1. The second-order valence-electron chi connectivity index (χ2n) is 5.29. The lowest BCUT2D eigenvalue weighted by atomic mass is 10.2. The topological polar surface area (TPSA) is 32.5 Å². The molecule has 0 spiro atoms. The highest BCUT2D eigenvalue weighted by atomic mass is 19.1. The summed E-state index contributed by atoms with van der Waals surface area (Å²) in [4.78, 5) is 0. The minimum Gasteiger partial charge on any atom is -0.489 e. The summed E-state index contributed by atoms with van der Waals surface area (Å²) in [5.74, 6) is 0.411. The molecule has 3 aromatic carbocycles. The fourth-order valence-corrected chi connectivity index (χ4v) is 2.20. The average molecular weight is 322 g/mol. The van der Waals surface area contributed by atoms with E-state index in [2.05, 4.69) is 0 Å². The van der Waals surface area contributed by atoms with Gasteiger partial charge in [-0.3, -0.25) is 5.21 Å². The van der Waals surface area contributed by atoms with Crippen LogP contribution in [0, 0.1) is 5.82 Å². The van der Waals surface area contributed by atoms with Crippen molar-refractivity contribution >= 4 is 11.9 Å². The summed E-state index contributed by atoms with van der Waals surface area (Å²) in [6.45, 7) is 0.506. The Labute approximate surface area is 139 Å². The minimum absolute atomic E-state index is 0.341. The van der Waals surface area contributed by atoms with Gasteiger partial charge in [-0.05, 0) is 42.0 Å². The van der Waals surface area contributed by atoms with Gasteiger partial charge >= 0.3 is 0 Å². The number of nitrogens with zero attached hydrogens (tertiary/aromatic N) is 1. The van der Waals surface area contributed by atoms with E-state index in [-0.39, 0.29) is 5.82 Å². The molecule has 3 aromatic rings. The predicted molar refractivity (Wildman–Crippen MR) is 90.5 cm³/mol. The molecule has 0 aliphatic heterocycles. The first-order chi connectivity index (χ1) is 11.7. The fraction of sp³-hybridized carbons (Fsp3) is 0.0500. The van der Waals surface area contributed by atoms with Crippen LogP contribution in [-0.4, -0.2) is 16.2 Å². The minimum atomic E-state index is -0.341. The Morgan fingerprint density at radius 2 is 1.54 bits per heavy atom. The molecular weight excluding hydrogens is 305 g/mol. The second kappa shape index (κ2) is 7.42. The zero-order valence-electron chi connectivity index (χ0n) is 13.0. The van der Waals surface area contributed by atoms with E-state index < -0.39 is 0 Å². The van der Waals surface area contributed by atoms with Crippen molar-refractivity contribution in [2.75, 3.05) is 0 Å². The van der Waals surface area contributed by atoms with Crippen molar-refractivity contribution in [3.8, 4) is 5.75 Å². The van der Waals surface area contributed by atoms with Crippen molar-refractivity contribution in [1.82, 2.24) is 0 Å². The largest absolute Gasteiger partial charge is 0.489 e. The van der Waals surface area contributed by atoms with E-state index >= 15 is 0 Å². The lowest BCUT2D eigenvalue weighted by Crippen LogP contribution is -2.02.